The molecule has 0 atom stereocenters. The number of benzene rings is 2. The molecular formula is C16H19Cl2N3O2. The Morgan fingerprint density at radius 2 is 1.70 bits per heavy atom. The zero-order valence-corrected chi connectivity index (χ0v) is 14.0. The van der Waals surface area contributed by atoms with Gasteiger partial charge in [0.1, 0.15) is 6.61 Å². The van der Waals surface area contributed by atoms with Crippen LogP contribution in [0.5, 0.6) is 0 Å². The number of amides is 1. The van der Waals surface area contributed by atoms with Crippen LogP contribution in [-0.2, 0) is 17.9 Å². The van der Waals surface area contributed by atoms with E-state index in [1.54, 1.807) is 0 Å². The molecule has 0 aliphatic rings. The van der Waals surface area contributed by atoms with Crippen molar-refractivity contribution >= 4 is 42.9 Å². The van der Waals surface area contributed by atoms with Gasteiger partial charge < -0.3 is 10.5 Å². The average molecular weight is 356 g/mol. The van der Waals surface area contributed by atoms with E-state index in [0.29, 0.717) is 6.54 Å². The number of nitrogens with two attached hydrogens (primary N) is 1. The van der Waals surface area contributed by atoms with Crippen molar-refractivity contribution in [2.75, 3.05) is 0 Å². The van der Waals surface area contributed by atoms with Crippen LogP contribution in [0.2, 0.25) is 0 Å². The minimum Gasteiger partial charge on any atom is -0.444 e. The molecule has 7 heteroatoms. The van der Waals surface area contributed by atoms with Crippen LogP contribution in [0.15, 0.2) is 59.6 Å². The Balaban J connectivity index is 0.00000242. The van der Waals surface area contributed by atoms with Crippen molar-refractivity contribution in [1.82, 2.24) is 5.32 Å². The monoisotopic (exact) mass is 355 g/mol. The Morgan fingerprint density at radius 1 is 1.04 bits per heavy atom. The quantitative estimate of drug-likeness (QED) is 0.635. The fourth-order valence-electron chi connectivity index (χ4n) is 1.64. The van der Waals surface area contributed by atoms with Crippen LogP contribution in [0.4, 0.5) is 10.5 Å². The summed E-state index contributed by atoms with van der Waals surface area (Å²) in [7, 11) is 0. The third-order valence-corrected chi connectivity index (χ3v) is 2.78. The van der Waals surface area contributed by atoms with Gasteiger partial charge >= 0.3 is 6.09 Å². The van der Waals surface area contributed by atoms with Crippen LogP contribution in [0, 0.1) is 0 Å². The van der Waals surface area contributed by atoms with Crippen molar-refractivity contribution in [2.24, 2.45) is 10.7 Å². The number of hydrogen-bond acceptors (Lipinski definition) is 4. The number of nitrogens with one attached hydrogen (secondary N) is 1. The number of alkyl carbamates (subject to hydrolysis) is 1. The lowest BCUT2D eigenvalue weighted by Crippen LogP contribution is -2.22. The van der Waals surface area contributed by atoms with Crippen molar-refractivity contribution in [3.05, 3.63) is 65.7 Å². The molecule has 0 radical (unpaired) electrons. The fourth-order valence-corrected chi connectivity index (χ4v) is 1.64. The molecule has 0 unspecified atom stereocenters. The summed E-state index contributed by atoms with van der Waals surface area (Å²) >= 11 is 0. The van der Waals surface area contributed by atoms with Crippen molar-refractivity contribution < 1.29 is 9.53 Å². The molecule has 23 heavy (non-hydrogen) atoms. The molecule has 0 saturated carbocycles. The molecule has 1 amide bonds. The fraction of sp³-hybridized carbons (Fsp3) is 0.125. The number of nitrogens with zero attached hydrogens (tertiary/aromatic N) is 1. The van der Waals surface area contributed by atoms with Crippen molar-refractivity contribution in [1.29, 1.82) is 0 Å². The molecule has 0 fully saturated rings. The normalized spacial score (nSPS) is 9.61. The van der Waals surface area contributed by atoms with Crippen molar-refractivity contribution in [3.8, 4) is 0 Å². The third kappa shape index (κ3) is 7.65. The maximum Gasteiger partial charge on any atom is 0.412 e. The molecule has 0 aromatic heterocycles. The minimum absolute atomic E-state index is 0. The van der Waals surface area contributed by atoms with E-state index in [0.717, 1.165) is 16.8 Å². The van der Waals surface area contributed by atoms with Crippen LogP contribution in [0.25, 0.3) is 0 Å². The first kappa shape index (κ1) is 20.9. The number of carbonyl (C=O) groups excluding carboxylic acids is 1. The summed E-state index contributed by atoms with van der Waals surface area (Å²) in [6.07, 6.45) is 0.770. The Labute approximate surface area is 147 Å². The van der Waals surface area contributed by atoms with Gasteiger partial charge in [-0.25, -0.2) is 9.79 Å². The summed E-state index contributed by atoms with van der Waals surface area (Å²) in [5.74, 6) is 0. The van der Waals surface area contributed by atoms with Gasteiger partial charge in [-0.1, -0.05) is 42.5 Å². The van der Waals surface area contributed by atoms with E-state index in [2.05, 4.69) is 10.3 Å². The van der Waals surface area contributed by atoms with Gasteiger partial charge in [0.05, 0.1) is 12.0 Å². The highest BCUT2D eigenvalue weighted by Gasteiger charge is 1.99. The first-order chi connectivity index (χ1) is 10.3. The predicted octanol–water partition coefficient (Wildman–Crippen LogP) is 3.58. The molecular weight excluding hydrogens is 337 g/mol. The van der Waals surface area contributed by atoms with E-state index in [4.69, 9.17) is 10.5 Å². The summed E-state index contributed by atoms with van der Waals surface area (Å²) < 4.78 is 5.04. The van der Waals surface area contributed by atoms with Gasteiger partial charge in [-0.15, -0.1) is 24.8 Å². The molecule has 3 N–H and O–H groups in total. The number of aliphatic imine (C=N–C) groups is 1. The Morgan fingerprint density at radius 3 is 2.30 bits per heavy atom. The van der Waals surface area contributed by atoms with E-state index in [-0.39, 0.29) is 31.4 Å². The van der Waals surface area contributed by atoms with Gasteiger partial charge in [0.15, 0.2) is 0 Å². The maximum atomic E-state index is 11.5. The number of hydrogen-bond donors (Lipinski definition) is 2. The second kappa shape index (κ2) is 11.5. The van der Waals surface area contributed by atoms with Gasteiger partial charge in [0, 0.05) is 6.54 Å². The van der Waals surface area contributed by atoms with E-state index in [9.17, 15) is 4.79 Å². The molecule has 124 valence electrons. The van der Waals surface area contributed by atoms with Crippen LogP contribution < -0.4 is 11.1 Å². The Hall–Kier alpha value is -2.08. The van der Waals surface area contributed by atoms with Crippen LogP contribution in [0.1, 0.15) is 11.1 Å². The van der Waals surface area contributed by atoms with E-state index >= 15 is 0 Å². The van der Waals surface area contributed by atoms with Crippen LogP contribution in [-0.4, -0.2) is 12.4 Å². The summed E-state index contributed by atoms with van der Waals surface area (Å²) in [4.78, 5) is 15.6. The van der Waals surface area contributed by atoms with Crippen LogP contribution in [0.3, 0.4) is 0 Å². The first-order valence-corrected chi connectivity index (χ1v) is 6.56. The Kier molecular flexibility index (Phi) is 10.4. The highest BCUT2D eigenvalue weighted by atomic mass is 35.5. The SMILES string of the molecule is Cl.Cl.NCc1ccc(/N=C/NC(=O)OCc2ccccc2)cc1. The molecule has 2 rings (SSSR count). The highest BCUT2D eigenvalue weighted by molar-refractivity contribution is 5.85. The second-order valence-corrected chi connectivity index (χ2v) is 4.33. The van der Waals surface area contributed by atoms with Gasteiger partial charge in [0.2, 0.25) is 0 Å². The molecule has 0 aliphatic carbocycles. The zero-order chi connectivity index (χ0) is 14.9. The lowest BCUT2D eigenvalue weighted by molar-refractivity contribution is 0.145. The zero-order valence-electron chi connectivity index (χ0n) is 12.3. The molecule has 5 nitrogen and oxygen atoms in total. The van der Waals surface area contributed by atoms with E-state index < -0.39 is 6.09 Å². The third-order valence-electron chi connectivity index (χ3n) is 2.78. The number of ether oxygens (including phenoxy) is 1. The first-order valence-electron chi connectivity index (χ1n) is 6.56. The van der Waals surface area contributed by atoms with Gasteiger partial charge in [-0.2, -0.15) is 0 Å². The summed E-state index contributed by atoms with van der Waals surface area (Å²) in [6, 6.07) is 16.9. The topological polar surface area (TPSA) is 76.7 Å². The molecule has 0 aliphatic heterocycles. The van der Waals surface area contributed by atoms with E-state index in [1.165, 1.54) is 6.34 Å². The maximum absolute atomic E-state index is 11.5. The van der Waals surface area contributed by atoms with Crippen molar-refractivity contribution in [3.63, 3.8) is 0 Å². The smallest absolute Gasteiger partial charge is 0.412 e. The lowest BCUT2D eigenvalue weighted by Gasteiger charge is -2.03. The van der Waals surface area contributed by atoms with E-state index in [1.807, 2.05) is 54.6 Å². The summed E-state index contributed by atoms with van der Waals surface area (Å²) in [6.45, 7) is 0.722. The molecule has 0 spiro atoms. The summed E-state index contributed by atoms with van der Waals surface area (Å²) in [5, 5.41) is 2.45. The molecule has 0 bridgehead atoms. The number of rotatable bonds is 5. The Bertz CT molecular complexity index is 604. The highest BCUT2D eigenvalue weighted by Crippen LogP contribution is 2.11. The minimum atomic E-state index is -0.541. The predicted molar refractivity (Wildman–Crippen MR) is 96.7 cm³/mol. The average Bonchev–Trinajstić information content (AvgIpc) is 2.54. The van der Waals surface area contributed by atoms with Gasteiger partial charge in [0.25, 0.3) is 0 Å². The molecule has 0 saturated heterocycles. The standard InChI is InChI=1S/C16H17N3O2.2ClH/c17-10-13-6-8-15(9-7-13)18-12-19-16(20)21-11-14-4-2-1-3-5-14;;/h1-9,12H,10-11,17H2,(H,18,19,20);2*1H. The van der Waals surface area contributed by atoms with Crippen LogP contribution >= 0.6 is 24.8 Å². The largest absolute Gasteiger partial charge is 0.444 e. The summed E-state index contributed by atoms with van der Waals surface area (Å²) in [5.41, 5.74) is 8.21. The number of carbonyl (C=O) groups is 1. The van der Waals surface area contributed by atoms with Crippen molar-refractivity contribution in [2.45, 2.75) is 13.2 Å². The second-order valence-electron chi connectivity index (χ2n) is 4.33. The molecule has 0 heterocycles. The van der Waals surface area contributed by atoms with Gasteiger partial charge in [-0.05, 0) is 23.3 Å². The lowest BCUT2D eigenvalue weighted by atomic mass is 10.2. The molecule has 2 aromatic carbocycles. The molecule has 2 aromatic rings. The van der Waals surface area contributed by atoms with Gasteiger partial charge in [-0.3, -0.25) is 5.32 Å². The number of halogens is 2.